The number of piperidine rings is 1. The molecule has 1 aromatic rings. The Bertz CT molecular complexity index is 951. The molecular formula is C31H47N3O. The van der Waals surface area contributed by atoms with E-state index < -0.39 is 0 Å². The lowest BCUT2D eigenvalue weighted by Crippen LogP contribution is -2.52. The molecule has 4 heteroatoms. The summed E-state index contributed by atoms with van der Waals surface area (Å²) in [5.41, 5.74) is 12.7. The summed E-state index contributed by atoms with van der Waals surface area (Å²) in [6.45, 7) is 17.2. The van der Waals surface area contributed by atoms with Crippen LogP contribution in [0.25, 0.3) is 5.53 Å². The lowest BCUT2D eigenvalue weighted by Gasteiger charge is -2.43. The van der Waals surface area contributed by atoms with Crippen molar-refractivity contribution in [2.24, 2.45) is 0 Å². The molecule has 192 valence electrons. The number of allylic oxidation sites excluding steroid dienone is 2. The van der Waals surface area contributed by atoms with Gasteiger partial charge in [0.05, 0.1) is 0 Å². The highest BCUT2D eigenvalue weighted by Gasteiger charge is 2.36. The normalized spacial score (nSPS) is 22.2. The molecule has 4 nitrogen and oxygen atoms in total. The zero-order chi connectivity index (χ0) is 25.6. The molecule has 0 amide bonds. The van der Waals surface area contributed by atoms with Gasteiger partial charge in [-0.15, -0.1) is 0 Å². The summed E-state index contributed by atoms with van der Waals surface area (Å²) >= 11 is 0. The van der Waals surface area contributed by atoms with Crippen molar-refractivity contribution < 1.29 is 9.53 Å². The van der Waals surface area contributed by atoms with Crippen LogP contribution in [0.1, 0.15) is 105 Å². The number of ether oxygens (including phenoxy) is 1. The molecule has 1 saturated heterocycles. The van der Waals surface area contributed by atoms with Gasteiger partial charge in [0.2, 0.25) is 0 Å². The van der Waals surface area contributed by atoms with E-state index in [-0.39, 0.29) is 23.0 Å². The fourth-order valence-electron chi connectivity index (χ4n) is 5.31. The zero-order valence-electron chi connectivity index (χ0n) is 23.2. The summed E-state index contributed by atoms with van der Waals surface area (Å²) in [6, 6.07) is 7.54. The van der Waals surface area contributed by atoms with Gasteiger partial charge in [0, 0.05) is 29.8 Å². The summed E-state index contributed by atoms with van der Waals surface area (Å²) in [7, 11) is 0. The first kappa shape index (κ1) is 27.4. The van der Waals surface area contributed by atoms with Crippen molar-refractivity contribution in [3.05, 3.63) is 59.2 Å². The van der Waals surface area contributed by atoms with E-state index in [2.05, 4.69) is 88.5 Å². The van der Waals surface area contributed by atoms with Crippen molar-refractivity contribution in [2.75, 3.05) is 6.54 Å². The molecule has 0 bridgehead atoms. The number of benzene rings is 1. The Kier molecular flexibility index (Phi) is 9.18. The second-order valence-corrected chi connectivity index (χ2v) is 11.7. The third-order valence-corrected chi connectivity index (χ3v) is 8.56. The topological polar surface area (TPSA) is 48.9 Å². The molecule has 1 aliphatic heterocycles. The van der Waals surface area contributed by atoms with Gasteiger partial charge in [-0.1, -0.05) is 85.6 Å². The second-order valence-electron chi connectivity index (χ2n) is 11.7. The standard InChI is InChI=1S/C31H47N3O/c1-8-13-29(27-14-11-12-21-34(27)25-18-16-24(33-32)17-19-25)35-28-20-15-23(30(4,5)9-2)22-26(28)31(6,7)10-3/h15-20,22,25,27,29H,8-14,21H2,1-7H3. The van der Waals surface area contributed by atoms with Crippen LogP contribution in [-0.4, -0.2) is 40.1 Å². The molecule has 0 spiro atoms. The number of hydrogen-bond acceptors (Lipinski definition) is 2. The maximum absolute atomic E-state index is 9.11. The lowest BCUT2D eigenvalue weighted by molar-refractivity contribution is -0.00215. The predicted octanol–water partition coefficient (Wildman–Crippen LogP) is 7.63. The van der Waals surface area contributed by atoms with Gasteiger partial charge in [-0.3, -0.25) is 4.90 Å². The molecule has 1 aliphatic carbocycles. The molecule has 0 saturated carbocycles. The van der Waals surface area contributed by atoms with Crippen LogP contribution >= 0.6 is 0 Å². The van der Waals surface area contributed by atoms with Crippen molar-refractivity contribution in [2.45, 2.75) is 122 Å². The van der Waals surface area contributed by atoms with Gasteiger partial charge < -0.3 is 10.3 Å². The number of likely N-dealkylation sites (tertiary alicyclic amines) is 1. The molecule has 3 rings (SSSR count). The molecule has 1 heterocycles. The summed E-state index contributed by atoms with van der Waals surface area (Å²) in [6.07, 6.45) is 16.2. The minimum absolute atomic E-state index is 0.0487. The summed E-state index contributed by atoms with van der Waals surface area (Å²) in [4.78, 5) is 5.94. The molecule has 0 N–H and O–H groups in total. The highest BCUT2D eigenvalue weighted by Crippen LogP contribution is 2.40. The maximum atomic E-state index is 9.11. The Morgan fingerprint density at radius 3 is 2.31 bits per heavy atom. The van der Waals surface area contributed by atoms with Gasteiger partial charge in [-0.2, -0.15) is 4.79 Å². The average Bonchev–Trinajstić information content (AvgIpc) is 2.88. The van der Waals surface area contributed by atoms with E-state index in [1.165, 1.54) is 24.0 Å². The van der Waals surface area contributed by atoms with Crippen molar-refractivity contribution in [1.82, 2.24) is 4.90 Å². The van der Waals surface area contributed by atoms with Gasteiger partial charge in [-0.05, 0) is 61.1 Å². The van der Waals surface area contributed by atoms with Crippen molar-refractivity contribution >= 4 is 5.71 Å². The summed E-state index contributed by atoms with van der Waals surface area (Å²) in [5.74, 6) is 1.06. The maximum Gasteiger partial charge on any atom is 0.314 e. The van der Waals surface area contributed by atoms with Gasteiger partial charge in [-0.25, -0.2) is 0 Å². The third kappa shape index (κ3) is 6.35. The first-order valence-electron chi connectivity index (χ1n) is 13.8. The van der Waals surface area contributed by atoms with Crippen LogP contribution in [0.4, 0.5) is 0 Å². The highest BCUT2D eigenvalue weighted by atomic mass is 16.5. The van der Waals surface area contributed by atoms with E-state index in [1.54, 1.807) is 0 Å². The Morgan fingerprint density at radius 2 is 1.71 bits per heavy atom. The average molecular weight is 478 g/mol. The Labute approximate surface area is 214 Å². The van der Waals surface area contributed by atoms with Crippen molar-refractivity contribution in [3.8, 4) is 5.75 Å². The van der Waals surface area contributed by atoms with Gasteiger partial charge in [0.25, 0.3) is 0 Å². The molecule has 35 heavy (non-hydrogen) atoms. The summed E-state index contributed by atoms with van der Waals surface area (Å²) in [5, 5.41) is 0. The van der Waals surface area contributed by atoms with Gasteiger partial charge in [0.15, 0.2) is 0 Å². The molecule has 1 aromatic carbocycles. The quantitative estimate of drug-likeness (QED) is 0.257. The van der Waals surface area contributed by atoms with Crippen LogP contribution < -0.4 is 4.74 Å². The third-order valence-electron chi connectivity index (χ3n) is 8.56. The molecule has 2 unspecified atom stereocenters. The number of rotatable bonds is 10. The van der Waals surface area contributed by atoms with E-state index in [4.69, 9.17) is 10.3 Å². The van der Waals surface area contributed by atoms with Gasteiger partial charge >= 0.3 is 5.71 Å². The predicted molar refractivity (Wildman–Crippen MR) is 147 cm³/mol. The van der Waals surface area contributed by atoms with Crippen LogP contribution in [0, 0.1) is 0 Å². The van der Waals surface area contributed by atoms with Crippen LogP contribution in [-0.2, 0) is 10.8 Å². The van der Waals surface area contributed by atoms with Crippen LogP contribution in [0.2, 0.25) is 0 Å². The fraction of sp³-hybridized carbons (Fsp3) is 0.645. The monoisotopic (exact) mass is 477 g/mol. The Morgan fingerprint density at radius 1 is 1.03 bits per heavy atom. The zero-order valence-corrected chi connectivity index (χ0v) is 23.2. The molecule has 0 aromatic heterocycles. The van der Waals surface area contributed by atoms with E-state index in [0.29, 0.717) is 11.8 Å². The van der Waals surface area contributed by atoms with E-state index in [9.17, 15) is 0 Å². The minimum Gasteiger partial charge on any atom is -0.488 e. The second kappa shape index (κ2) is 11.7. The first-order valence-corrected chi connectivity index (χ1v) is 13.8. The van der Waals surface area contributed by atoms with Gasteiger partial charge in [0.1, 0.15) is 11.9 Å². The van der Waals surface area contributed by atoms with Crippen LogP contribution in [0.15, 0.2) is 42.5 Å². The van der Waals surface area contributed by atoms with Crippen LogP contribution in [0.5, 0.6) is 5.75 Å². The number of nitrogens with zero attached hydrogens (tertiary/aromatic N) is 3. The SMILES string of the molecule is CCCC(Oc1ccc(C(C)(C)CC)cc1C(C)(C)CC)C1CCCCN1C1C=CC(=[N+]=[N-])C=C1. The lowest BCUT2D eigenvalue weighted by atomic mass is 9.76. The van der Waals surface area contributed by atoms with E-state index >= 15 is 0 Å². The first-order chi connectivity index (χ1) is 16.7. The molecule has 0 radical (unpaired) electrons. The van der Waals surface area contributed by atoms with Crippen LogP contribution in [0.3, 0.4) is 0 Å². The van der Waals surface area contributed by atoms with E-state index in [1.807, 2.05) is 12.2 Å². The Balaban J connectivity index is 1.95. The fourth-order valence-corrected chi connectivity index (χ4v) is 5.31. The van der Waals surface area contributed by atoms with Crippen molar-refractivity contribution in [3.63, 3.8) is 0 Å². The molecular weight excluding hydrogens is 430 g/mol. The highest BCUT2D eigenvalue weighted by molar-refractivity contribution is 6.00. The smallest absolute Gasteiger partial charge is 0.314 e. The van der Waals surface area contributed by atoms with Crippen molar-refractivity contribution in [1.29, 1.82) is 0 Å². The summed E-state index contributed by atoms with van der Waals surface area (Å²) < 4.78 is 7.02. The molecule has 1 fully saturated rings. The largest absolute Gasteiger partial charge is 0.488 e. The molecule has 2 aliphatic rings. The Hall–Kier alpha value is -2.16. The molecule has 2 atom stereocenters. The number of hydrogen-bond donors (Lipinski definition) is 0. The van der Waals surface area contributed by atoms with E-state index in [0.717, 1.165) is 44.4 Å². The minimum atomic E-state index is 0.0487.